The Labute approximate surface area is 137 Å². The van der Waals surface area contributed by atoms with Crippen molar-refractivity contribution in [2.45, 2.75) is 50.6 Å². The van der Waals surface area contributed by atoms with E-state index in [-0.39, 0.29) is 16.7 Å². The van der Waals surface area contributed by atoms with Gasteiger partial charge in [-0.3, -0.25) is 9.89 Å². The maximum Gasteiger partial charge on any atom is 0.418 e. The SMILES string of the molecule is CC1(c2[nH]n(-c3ccccc3C(F)(F)F)c(=O)c2CC2CC2)CC1. The van der Waals surface area contributed by atoms with Crippen LogP contribution in [0.25, 0.3) is 5.69 Å². The van der Waals surface area contributed by atoms with Gasteiger partial charge in [-0.15, -0.1) is 0 Å². The molecule has 0 unspecified atom stereocenters. The fraction of sp³-hybridized carbons (Fsp3) is 0.500. The number of halogens is 3. The Bertz CT molecular complexity index is 839. The second-order valence-corrected chi connectivity index (χ2v) is 7.33. The van der Waals surface area contributed by atoms with Crippen molar-refractivity contribution in [2.75, 3.05) is 0 Å². The molecule has 1 aromatic heterocycles. The number of H-pyrrole nitrogens is 1. The first-order valence-electron chi connectivity index (χ1n) is 8.30. The molecule has 1 heterocycles. The van der Waals surface area contributed by atoms with Gasteiger partial charge < -0.3 is 0 Å². The molecule has 2 aliphatic rings. The lowest BCUT2D eigenvalue weighted by Gasteiger charge is -2.13. The van der Waals surface area contributed by atoms with Gasteiger partial charge in [0.2, 0.25) is 0 Å². The Hall–Kier alpha value is -1.98. The van der Waals surface area contributed by atoms with Crippen LogP contribution in [0.2, 0.25) is 0 Å². The van der Waals surface area contributed by atoms with Crippen LogP contribution in [0.3, 0.4) is 0 Å². The van der Waals surface area contributed by atoms with E-state index >= 15 is 0 Å². The van der Waals surface area contributed by atoms with Gasteiger partial charge in [0.25, 0.3) is 5.56 Å². The molecule has 0 aliphatic heterocycles. The molecule has 1 aromatic carbocycles. The van der Waals surface area contributed by atoms with Crippen molar-refractivity contribution in [3.63, 3.8) is 0 Å². The average Bonchev–Trinajstić information content (AvgIpc) is 3.43. The van der Waals surface area contributed by atoms with Gasteiger partial charge >= 0.3 is 6.18 Å². The Morgan fingerprint density at radius 1 is 1.25 bits per heavy atom. The molecule has 0 spiro atoms. The third kappa shape index (κ3) is 2.58. The number of hydrogen-bond acceptors (Lipinski definition) is 1. The van der Waals surface area contributed by atoms with Crippen LogP contribution in [-0.4, -0.2) is 9.78 Å². The molecule has 0 saturated heterocycles. The van der Waals surface area contributed by atoms with Crippen molar-refractivity contribution in [1.82, 2.24) is 9.78 Å². The highest BCUT2D eigenvalue weighted by molar-refractivity contribution is 5.44. The van der Waals surface area contributed by atoms with E-state index in [1.807, 2.05) is 0 Å². The monoisotopic (exact) mass is 336 g/mol. The van der Waals surface area contributed by atoms with E-state index < -0.39 is 11.7 Å². The van der Waals surface area contributed by atoms with Crippen LogP contribution in [-0.2, 0) is 18.0 Å². The Morgan fingerprint density at radius 2 is 1.92 bits per heavy atom. The number of alkyl halides is 3. The molecule has 24 heavy (non-hydrogen) atoms. The molecule has 4 rings (SSSR count). The fourth-order valence-corrected chi connectivity index (χ4v) is 3.29. The predicted molar refractivity (Wildman–Crippen MR) is 84.4 cm³/mol. The third-order valence-electron chi connectivity index (χ3n) is 5.23. The topological polar surface area (TPSA) is 37.8 Å². The minimum atomic E-state index is -4.50. The molecular formula is C18H19F3N2O. The van der Waals surface area contributed by atoms with Crippen LogP contribution in [0, 0.1) is 5.92 Å². The lowest BCUT2D eigenvalue weighted by atomic mass is 9.98. The van der Waals surface area contributed by atoms with Crippen LogP contribution in [0.15, 0.2) is 29.1 Å². The summed E-state index contributed by atoms with van der Waals surface area (Å²) in [6.07, 6.45) is 0.291. The number of benzene rings is 1. The van der Waals surface area contributed by atoms with Crippen molar-refractivity contribution < 1.29 is 13.2 Å². The molecule has 3 nitrogen and oxygen atoms in total. The quantitative estimate of drug-likeness (QED) is 0.893. The van der Waals surface area contributed by atoms with Crippen LogP contribution in [0.4, 0.5) is 13.2 Å². The van der Waals surface area contributed by atoms with Gasteiger partial charge in [0.05, 0.1) is 11.3 Å². The standard InChI is InChI=1S/C18H19F3N2O/c1-17(8-9-17)15-12(10-11-6-7-11)16(24)23(22-15)14-5-3-2-4-13(14)18(19,20)21/h2-5,11,22H,6-10H2,1H3. The lowest BCUT2D eigenvalue weighted by Crippen LogP contribution is -2.21. The number of para-hydroxylation sites is 1. The summed E-state index contributed by atoms with van der Waals surface area (Å²) in [6, 6.07) is 5.23. The van der Waals surface area contributed by atoms with Gasteiger partial charge in [0, 0.05) is 16.7 Å². The van der Waals surface area contributed by atoms with Crippen LogP contribution in [0.5, 0.6) is 0 Å². The first-order chi connectivity index (χ1) is 11.3. The number of nitrogens with zero attached hydrogens (tertiary/aromatic N) is 1. The van der Waals surface area contributed by atoms with Crippen LogP contribution >= 0.6 is 0 Å². The minimum absolute atomic E-state index is 0.0954. The van der Waals surface area contributed by atoms with Crippen molar-refractivity contribution >= 4 is 0 Å². The highest BCUT2D eigenvalue weighted by Crippen LogP contribution is 2.48. The van der Waals surface area contributed by atoms with Crippen LogP contribution in [0.1, 0.15) is 49.4 Å². The average molecular weight is 336 g/mol. The van der Waals surface area contributed by atoms with E-state index in [0.717, 1.165) is 42.1 Å². The first-order valence-corrected chi connectivity index (χ1v) is 8.30. The largest absolute Gasteiger partial charge is 0.418 e. The first kappa shape index (κ1) is 15.5. The van der Waals surface area contributed by atoms with Gasteiger partial charge in [-0.05, 0) is 50.2 Å². The summed E-state index contributed by atoms with van der Waals surface area (Å²) >= 11 is 0. The second-order valence-electron chi connectivity index (χ2n) is 7.33. The summed E-state index contributed by atoms with van der Waals surface area (Å²) in [5, 5.41) is 3.02. The normalized spacial score (nSPS) is 19.5. The van der Waals surface area contributed by atoms with Crippen molar-refractivity contribution in [3.8, 4) is 5.69 Å². The molecule has 2 fully saturated rings. The number of rotatable bonds is 4. The molecule has 2 saturated carbocycles. The predicted octanol–water partition coefficient (Wildman–Crippen LogP) is 4.19. The van der Waals surface area contributed by atoms with Gasteiger partial charge in [-0.1, -0.05) is 19.1 Å². The zero-order valence-corrected chi connectivity index (χ0v) is 13.4. The van der Waals surface area contributed by atoms with E-state index in [0.29, 0.717) is 17.9 Å². The van der Waals surface area contributed by atoms with E-state index in [2.05, 4.69) is 12.0 Å². The number of aromatic nitrogens is 2. The Kier molecular flexibility index (Phi) is 3.24. The maximum absolute atomic E-state index is 13.3. The van der Waals surface area contributed by atoms with E-state index in [9.17, 15) is 18.0 Å². The number of nitrogens with one attached hydrogen (secondary N) is 1. The van der Waals surface area contributed by atoms with Crippen molar-refractivity contribution in [3.05, 3.63) is 51.4 Å². The highest BCUT2D eigenvalue weighted by atomic mass is 19.4. The Balaban J connectivity index is 1.88. The van der Waals surface area contributed by atoms with Crippen LogP contribution < -0.4 is 5.56 Å². The number of aromatic amines is 1. The molecule has 2 aliphatic carbocycles. The van der Waals surface area contributed by atoms with Gasteiger partial charge in [0.1, 0.15) is 0 Å². The molecule has 0 atom stereocenters. The van der Waals surface area contributed by atoms with Crippen molar-refractivity contribution in [2.24, 2.45) is 5.92 Å². The molecule has 2 aromatic rings. The van der Waals surface area contributed by atoms with Gasteiger partial charge in [0.15, 0.2) is 0 Å². The van der Waals surface area contributed by atoms with Gasteiger partial charge in [-0.2, -0.15) is 13.2 Å². The van der Waals surface area contributed by atoms with Gasteiger partial charge in [-0.25, -0.2) is 4.68 Å². The third-order valence-corrected chi connectivity index (χ3v) is 5.23. The molecule has 128 valence electrons. The molecule has 0 bridgehead atoms. The molecular weight excluding hydrogens is 317 g/mol. The highest BCUT2D eigenvalue weighted by Gasteiger charge is 2.44. The maximum atomic E-state index is 13.3. The summed E-state index contributed by atoms with van der Waals surface area (Å²) in [7, 11) is 0. The Morgan fingerprint density at radius 3 is 2.50 bits per heavy atom. The summed E-state index contributed by atoms with van der Waals surface area (Å²) in [5.41, 5.74) is 0.163. The molecule has 0 radical (unpaired) electrons. The smallest absolute Gasteiger partial charge is 0.294 e. The van der Waals surface area contributed by atoms with E-state index in [4.69, 9.17) is 0 Å². The fourth-order valence-electron chi connectivity index (χ4n) is 3.29. The van der Waals surface area contributed by atoms with E-state index in [1.54, 1.807) is 0 Å². The molecule has 0 amide bonds. The van der Waals surface area contributed by atoms with Crippen molar-refractivity contribution in [1.29, 1.82) is 0 Å². The van der Waals surface area contributed by atoms with E-state index in [1.165, 1.54) is 18.2 Å². The summed E-state index contributed by atoms with van der Waals surface area (Å²) in [6.45, 7) is 2.06. The molecule has 6 heteroatoms. The minimum Gasteiger partial charge on any atom is -0.294 e. The molecule has 1 N–H and O–H groups in total. The summed E-state index contributed by atoms with van der Waals surface area (Å²) < 4.78 is 41.0. The number of hydrogen-bond donors (Lipinski definition) is 1. The zero-order chi connectivity index (χ0) is 17.1. The second kappa shape index (κ2) is 5.01. The zero-order valence-electron chi connectivity index (χ0n) is 13.4. The lowest BCUT2D eigenvalue weighted by molar-refractivity contribution is -0.137. The summed E-state index contributed by atoms with van der Waals surface area (Å²) in [4.78, 5) is 12.9. The summed E-state index contributed by atoms with van der Waals surface area (Å²) in [5.74, 6) is 0.501.